The second kappa shape index (κ2) is 7.36. The molecule has 1 aromatic carbocycles. The number of nitrogens with one attached hydrogen (secondary N) is 2. The van der Waals surface area contributed by atoms with E-state index in [-0.39, 0.29) is 5.92 Å². The highest BCUT2D eigenvalue weighted by Crippen LogP contribution is 2.29. The summed E-state index contributed by atoms with van der Waals surface area (Å²) < 4.78 is 4.64. The van der Waals surface area contributed by atoms with E-state index in [1.54, 1.807) is 32.0 Å². The molecule has 5 nitrogen and oxygen atoms in total. The first-order valence-corrected chi connectivity index (χ1v) is 6.71. The molecule has 0 heterocycles. The minimum Gasteiger partial charge on any atom is -0.467 e. The van der Waals surface area contributed by atoms with Crippen LogP contribution >= 0.6 is 23.2 Å². The predicted molar refractivity (Wildman–Crippen MR) is 79.3 cm³/mol. The summed E-state index contributed by atoms with van der Waals surface area (Å²) in [6.45, 7) is 3.59. The maximum atomic E-state index is 11.9. The molecule has 2 amide bonds. The Morgan fingerprint density at radius 3 is 2.20 bits per heavy atom. The number of halogens is 2. The first-order valence-electron chi connectivity index (χ1n) is 5.96. The van der Waals surface area contributed by atoms with Gasteiger partial charge in [0.25, 0.3) is 0 Å². The van der Waals surface area contributed by atoms with Crippen LogP contribution in [0.25, 0.3) is 0 Å². The second-order valence-electron chi connectivity index (χ2n) is 4.44. The van der Waals surface area contributed by atoms with Crippen LogP contribution in [-0.4, -0.2) is 25.2 Å². The van der Waals surface area contributed by atoms with Crippen LogP contribution in [0.4, 0.5) is 10.5 Å². The fraction of sp³-hybridized carbons (Fsp3) is 0.385. The van der Waals surface area contributed by atoms with E-state index in [1.807, 2.05) is 0 Å². The molecule has 0 saturated heterocycles. The molecule has 0 aliphatic carbocycles. The first-order chi connectivity index (χ1) is 9.36. The highest BCUT2D eigenvalue weighted by Gasteiger charge is 2.25. The van der Waals surface area contributed by atoms with Crippen molar-refractivity contribution in [3.8, 4) is 0 Å². The van der Waals surface area contributed by atoms with Gasteiger partial charge in [0.2, 0.25) is 0 Å². The SMILES string of the molecule is COC(=O)C(NC(=O)Nc1c(Cl)cccc1Cl)C(C)C. The predicted octanol–water partition coefficient (Wildman–Crippen LogP) is 3.31. The van der Waals surface area contributed by atoms with Crippen molar-refractivity contribution in [1.82, 2.24) is 5.32 Å². The van der Waals surface area contributed by atoms with Crippen LogP contribution in [0.2, 0.25) is 10.0 Å². The average molecular weight is 319 g/mol. The minimum atomic E-state index is -0.749. The van der Waals surface area contributed by atoms with Crippen LogP contribution in [0.15, 0.2) is 18.2 Å². The van der Waals surface area contributed by atoms with E-state index in [2.05, 4.69) is 15.4 Å². The zero-order chi connectivity index (χ0) is 15.3. The summed E-state index contributed by atoms with van der Waals surface area (Å²) in [5.74, 6) is -0.629. The van der Waals surface area contributed by atoms with E-state index in [0.29, 0.717) is 15.7 Å². The molecule has 0 bridgehead atoms. The van der Waals surface area contributed by atoms with Gasteiger partial charge in [-0.3, -0.25) is 0 Å². The number of benzene rings is 1. The van der Waals surface area contributed by atoms with Crippen LogP contribution in [0.5, 0.6) is 0 Å². The third-order valence-corrected chi connectivity index (χ3v) is 3.24. The molecule has 0 aliphatic rings. The van der Waals surface area contributed by atoms with Crippen molar-refractivity contribution < 1.29 is 14.3 Å². The van der Waals surface area contributed by atoms with Crippen LogP contribution in [0.1, 0.15) is 13.8 Å². The molecule has 0 spiro atoms. The summed E-state index contributed by atoms with van der Waals surface area (Å²) in [5, 5.41) is 5.67. The molecule has 0 aliphatic heterocycles. The van der Waals surface area contributed by atoms with Crippen LogP contribution < -0.4 is 10.6 Å². The van der Waals surface area contributed by atoms with Gasteiger partial charge in [0.05, 0.1) is 22.8 Å². The Labute approximate surface area is 127 Å². The van der Waals surface area contributed by atoms with Gasteiger partial charge in [-0.05, 0) is 18.1 Å². The third kappa shape index (κ3) is 4.28. The summed E-state index contributed by atoms with van der Waals surface area (Å²) >= 11 is 11.9. The molecule has 110 valence electrons. The topological polar surface area (TPSA) is 67.4 Å². The van der Waals surface area contributed by atoms with Crippen LogP contribution in [0.3, 0.4) is 0 Å². The number of ether oxygens (including phenoxy) is 1. The van der Waals surface area contributed by atoms with Gasteiger partial charge < -0.3 is 15.4 Å². The van der Waals surface area contributed by atoms with Crippen molar-refractivity contribution in [1.29, 1.82) is 0 Å². The lowest BCUT2D eigenvalue weighted by Crippen LogP contribution is -2.46. The fourth-order valence-corrected chi connectivity index (χ4v) is 2.02. The second-order valence-corrected chi connectivity index (χ2v) is 5.25. The Balaban J connectivity index is 2.79. The summed E-state index contributed by atoms with van der Waals surface area (Å²) in [5.41, 5.74) is 0.292. The summed E-state index contributed by atoms with van der Waals surface area (Å²) in [4.78, 5) is 23.5. The molecular weight excluding hydrogens is 303 g/mol. The van der Waals surface area contributed by atoms with Gasteiger partial charge in [-0.15, -0.1) is 0 Å². The number of carbonyl (C=O) groups is 2. The summed E-state index contributed by atoms with van der Waals surface area (Å²) in [6, 6.07) is 3.54. The number of amides is 2. The molecule has 7 heteroatoms. The zero-order valence-corrected chi connectivity index (χ0v) is 12.9. The summed E-state index contributed by atoms with van der Waals surface area (Å²) in [7, 11) is 1.27. The van der Waals surface area contributed by atoms with Crippen molar-refractivity contribution >= 4 is 40.9 Å². The van der Waals surface area contributed by atoms with E-state index in [1.165, 1.54) is 7.11 Å². The number of hydrogen-bond donors (Lipinski definition) is 2. The maximum absolute atomic E-state index is 11.9. The van der Waals surface area contributed by atoms with Crippen LogP contribution in [-0.2, 0) is 9.53 Å². The minimum absolute atomic E-state index is 0.116. The molecule has 0 saturated carbocycles. The molecule has 0 fully saturated rings. The number of carbonyl (C=O) groups excluding carboxylic acids is 2. The third-order valence-electron chi connectivity index (χ3n) is 2.61. The number of anilines is 1. The molecule has 1 aromatic rings. The van der Waals surface area contributed by atoms with E-state index in [9.17, 15) is 9.59 Å². The van der Waals surface area contributed by atoms with Crippen molar-refractivity contribution in [2.75, 3.05) is 12.4 Å². The molecule has 1 atom stereocenters. The van der Waals surface area contributed by atoms with Crippen molar-refractivity contribution in [2.24, 2.45) is 5.92 Å². The largest absolute Gasteiger partial charge is 0.467 e. The Bertz CT molecular complexity index is 486. The lowest BCUT2D eigenvalue weighted by molar-refractivity contribution is -0.143. The van der Waals surface area contributed by atoms with E-state index < -0.39 is 18.0 Å². The van der Waals surface area contributed by atoms with Gasteiger partial charge in [0.15, 0.2) is 0 Å². The Kier molecular flexibility index (Phi) is 6.10. The summed E-state index contributed by atoms with van der Waals surface area (Å²) in [6.07, 6.45) is 0. The highest BCUT2D eigenvalue weighted by atomic mass is 35.5. The Morgan fingerprint density at radius 1 is 1.20 bits per heavy atom. The molecule has 20 heavy (non-hydrogen) atoms. The molecule has 1 rings (SSSR count). The maximum Gasteiger partial charge on any atom is 0.328 e. The zero-order valence-electron chi connectivity index (χ0n) is 11.4. The first kappa shape index (κ1) is 16.6. The highest BCUT2D eigenvalue weighted by molar-refractivity contribution is 6.39. The van der Waals surface area contributed by atoms with Gasteiger partial charge in [0, 0.05) is 0 Å². The van der Waals surface area contributed by atoms with Crippen molar-refractivity contribution in [3.63, 3.8) is 0 Å². The molecule has 1 unspecified atom stereocenters. The molecule has 0 radical (unpaired) electrons. The number of urea groups is 1. The van der Waals surface area contributed by atoms with Crippen molar-refractivity contribution in [3.05, 3.63) is 28.2 Å². The van der Waals surface area contributed by atoms with Gasteiger partial charge >= 0.3 is 12.0 Å². The number of para-hydroxylation sites is 1. The van der Waals surface area contributed by atoms with E-state index in [0.717, 1.165) is 0 Å². The normalized spacial score (nSPS) is 11.9. The fourth-order valence-electron chi connectivity index (χ4n) is 1.53. The van der Waals surface area contributed by atoms with Crippen LogP contribution in [0, 0.1) is 5.92 Å². The van der Waals surface area contributed by atoms with Gasteiger partial charge in [-0.1, -0.05) is 43.1 Å². The Hall–Kier alpha value is -1.46. The quantitative estimate of drug-likeness (QED) is 0.837. The number of methoxy groups -OCH3 is 1. The molecular formula is C13H16Cl2N2O3. The number of hydrogen-bond acceptors (Lipinski definition) is 3. The van der Waals surface area contributed by atoms with E-state index >= 15 is 0 Å². The molecule has 0 aromatic heterocycles. The standard InChI is InChI=1S/C13H16Cl2N2O3/c1-7(2)10(12(18)20-3)16-13(19)17-11-8(14)5-4-6-9(11)15/h4-7,10H,1-3H3,(H2,16,17,19). The number of esters is 1. The van der Waals surface area contributed by atoms with E-state index in [4.69, 9.17) is 23.2 Å². The number of rotatable bonds is 4. The van der Waals surface area contributed by atoms with Gasteiger partial charge in [0.1, 0.15) is 6.04 Å². The lowest BCUT2D eigenvalue weighted by atomic mass is 10.1. The van der Waals surface area contributed by atoms with Gasteiger partial charge in [-0.2, -0.15) is 0 Å². The molecule has 2 N–H and O–H groups in total. The van der Waals surface area contributed by atoms with Crippen molar-refractivity contribution in [2.45, 2.75) is 19.9 Å². The lowest BCUT2D eigenvalue weighted by Gasteiger charge is -2.20. The Morgan fingerprint density at radius 2 is 1.75 bits per heavy atom. The smallest absolute Gasteiger partial charge is 0.328 e. The van der Waals surface area contributed by atoms with Gasteiger partial charge in [-0.25, -0.2) is 9.59 Å². The monoisotopic (exact) mass is 318 g/mol. The average Bonchev–Trinajstić information content (AvgIpc) is 2.39.